The van der Waals surface area contributed by atoms with Crippen LogP contribution in [0.4, 0.5) is 0 Å². The van der Waals surface area contributed by atoms with Gasteiger partial charge in [-0.3, -0.25) is 4.90 Å². The number of hydrogen-bond acceptors (Lipinski definition) is 3. The van der Waals surface area contributed by atoms with Gasteiger partial charge in [-0.05, 0) is 33.7 Å². The third-order valence-corrected chi connectivity index (χ3v) is 2.77. The molecule has 0 aromatic rings. The molecular formula is C12H26N2O. The number of ether oxygens (including phenoxy) is 1. The van der Waals surface area contributed by atoms with Gasteiger partial charge in [-0.1, -0.05) is 6.92 Å². The number of hydrogen-bond donors (Lipinski definition) is 1. The van der Waals surface area contributed by atoms with Crippen LogP contribution in [0.15, 0.2) is 0 Å². The summed E-state index contributed by atoms with van der Waals surface area (Å²) in [6.07, 6.45) is 1.97. The van der Waals surface area contributed by atoms with E-state index in [4.69, 9.17) is 4.74 Å². The lowest BCUT2D eigenvalue weighted by Crippen LogP contribution is -2.49. The average Bonchev–Trinajstić information content (AvgIpc) is 2.13. The van der Waals surface area contributed by atoms with Crippen molar-refractivity contribution < 1.29 is 4.74 Å². The summed E-state index contributed by atoms with van der Waals surface area (Å²) in [6.45, 7) is 13.2. The van der Waals surface area contributed by atoms with Crippen molar-refractivity contribution in [2.75, 3.05) is 26.2 Å². The van der Waals surface area contributed by atoms with E-state index in [-0.39, 0.29) is 0 Å². The second kappa shape index (κ2) is 6.46. The van der Waals surface area contributed by atoms with Crippen molar-refractivity contribution in [3.05, 3.63) is 0 Å². The van der Waals surface area contributed by atoms with Gasteiger partial charge in [0.05, 0.1) is 12.2 Å². The van der Waals surface area contributed by atoms with Crippen LogP contribution in [0.1, 0.15) is 34.1 Å². The van der Waals surface area contributed by atoms with Crippen LogP contribution in [0.2, 0.25) is 0 Å². The zero-order valence-electron chi connectivity index (χ0n) is 10.6. The highest BCUT2D eigenvalue weighted by atomic mass is 16.5. The summed E-state index contributed by atoms with van der Waals surface area (Å²) < 4.78 is 5.72. The first-order chi connectivity index (χ1) is 7.11. The van der Waals surface area contributed by atoms with Gasteiger partial charge in [-0.15, -0.1) is 0 Å². The summed E-state index contributed by atoms with van der Waals surface area (Å²) in [6, 6.07) is 0.586. The van der Waals surface area contributed by atoms with Crippen molar-refractivity contribution >= 4 is 0 Å². The van der Waals surface area contributed by atoms with E-state index in [0.717, 1.165) is 26.2 Å². The molecule has 0 amide bonds. The molecular weight excluding hydrogens is 188 g/mol. The highest BCUT2D eigenvalue weighted by molar-refractivity contribution is 4.76. The molecule has 15 heavy (non-hydrogen) atoms. The quantitative estimate of drug-likeness (QED) is 0.750. The Morgan fingerprint density at radius 1 is 1.33 bits per heavy atom. The van der Waals surface area contributed by atoms with Gasteiger partial charge in [-0.25, -0.2) is 0 Å². The number of nitrogens with one attached hydrogen (secondary N) is 1. The van der Waals surface area contributed by atoms with Crippen molar-refractivity contribution in [2.24, 2.45) is 0 Å². The molecule has 3 nitrogen and oxygen atoms in total. The number of nitrogens with zero attached hydrogens (tertiary/aromatic N) is 1. The Balaban J connectivity index is 2.24. The Morgan fingerprint density at radius 2 is 1.93 bits per heavy atom. The van der Waals surface area contributed by atoms with Crippen molar-refractivity contribution in [3.8, 4) is 0 Å². The van der Waals surface area contributed by atoms with Gasteiger partial charge >= 0.3 is 0 Å². The Bertz CT molecular complexity index is 165. The molecule has 90 valence electrons. The number of rotatable bonds is 5. The maximum atomic E-state index is 5.72. The molecule has 1 aliphatic heterocycles. The summed E-state index contributed by atoms with van der Waals surface area (Å²) in [5.41, 5.74) is 0. The molecule has 1 aliphatic rings. The molecule has 0 aliphatic carbocycles. The zero-order chi connectivity index (χ0) is 11.3. The van der Waals surface area contributed by atoms with Gasteiger partial charge in [0.25, 0.3) is 0 Å². The minimum atomic E-state index is 0.382. The van der Waals surface area contributed by atoms with Gasteiger partial charge in [0.15, 0.2) is 0 Å². The molecule has 1 saturated heterocycles. The van der Waals surface area contributed by atoms with Gasteiger partial charge in [0, 0.05) is 25.7 Å². The average molecular weight is 214 g/mol. The maximum Gasteiger partial charge on any atom is 0.0678 e. The van der Waals surface area contributed by atoms with E-state index in [0.29, 0.717) is 18.2 Å². The highest BCUT2D eigenvalue weighted by Crippen LogP contribution is 2.10. The standard InChI is InChI=1S/C12H26N2O/c1-5-6-13-10(2)7-14-8-11(3)15-12(4)9-14/h10-13H,5-9H2,1-4H3/t10?,11-,12+. The molecule has 0 aromatic heterocycles. The Labute approximate surface area is 94.2 Å². The van der Waals surface area contributed by atoms with Crippen molar-refractivity contribution in [1.82, 2.24) is 10.2 Å². The molecule has 0 radical (unpaired) electrons. The smallest absolute Gasteiger partial charge is 0.0678 e. The van der Waals surface area contributed by atoms with Gasteiger partial charge < -0.3 is 10.1 Å². The fraction of sp³-hybridized carbons (Fsp3) is 1.00. The van der Waals surface area contributed by atoms with Crippen LogP contribution in [-0.2, 0) is 4.74 Å². The van der Waals surface area contributed by atoms with Crippen LogP contribution in [0.25, 0.3) is 0 Å². The maximum absolute atomic E-state index is 5.72. The third-order valence-electron chi connectivity index (χ3n) is 2.77. The van der Waals surface area contributed by atoms with E-state index in [1.54, 1.807) is 0 Å². The first-order valence-electron chi connectivity index (χ1n) is 6.23. The SMILES string of the molecule is CCCNC(C)CN1C[C@@H](C)O[C@@H](C)C1. The first kappa shape index (κ1) is 12.9. The van der Waals surface area contributed by atoms with E-state index in [2.05, 4.69) is 37.9 Å². The highest BCUT2D eigenvalue weighted by Gasteiger charge is 2.22. The largest absolute Gasteiger partial charge is 0.373 e. The lowest BCUT2D eigenvalue weighted by atomic mass is 10.2. The number of morpholine rings is 1. The van der Waals surface area contributed by atoms with Crippen LogP contribution in [0.5, 0.6) is 0 Å². The topological polar surface area (TPSA) is 24.5 Å². The fourth-order valence-corrected chi connectivity index (χ4v) is 2.28. The van der Waals surface area contributed by atoms with Crippen LogP contribution in [0, 0.1) is 0 Å². The van der Waals surface area contributed by atoms with Crippen molar-refractivity contribution in [2.45, 2.75) is 52.4 Å². The second-order valence-electron chi connectivity index (χ2n) is 4.83. The molecule has 3 heteroatoms. The summed E-state index contributed by atoms with van der Waals surface area (Å²) in [7, 11) is 0. The predicted octanol–water partition coefficient (Wildman–Crippen LogP) is 1.48. The van der Waals surface area contributed by atoms with Crippen LogP contribution >= 0.6 is 0 Å². The van der Waals surface area contributed by atoms with Crippen LogP contribution < -0.4 is 5.32 Å². The lowest BCUT2D eigenvalue weighted by Gasteiger charge is -2.36. The molecule has 0 aromatic carbocycles. The Hall–Kier alpha value is -0.120. The fourth-order valence-electron chi connectivity index (χ4n) is 2.28. The van der Waals surface area contributed by atoms with Gasteiger partial charge in [-0.2, -0.15) is 0 Å². The van der Waals surface area contributed by atoms with Gasteiger partial charge in [0.1, 0.15) is 0 Å². The minimum Gasteiger partial charge on any atom is -0.373 e. The molecule has 1 rings (SSSR count). The second-order valence-corrected chi connectivity index (χ2v) is 4.83. The van der Waals surface area contributed by atoms with Crippen molar-refractivity contribution in [3.63, 3.8) is 0 Å². The molecule has 1 fully saturated rings. The summed E-state index contributed by atoms with van der Waals surface area (Å²) in [5.74, 6) is 0. The van der Waals surface area contributed by atoms with E-state index in [1.165, 1.54) is 6.42 Å². The molecule has 1 heterocycles. The monoisotopic (exact) mass is 214 g/mol. The predicted molar refractivity (Wildman–Crippen MR) is 64.2 cm³/mol. The normalized spacial score (nSPS) is 30.4. The minimum absolute atomic E-state index is 0.382. The molecule has 1 N–H and O–H groups in total. The first-order valence-corrected chi connectivity index (χ1v) is 6.23. The van der Waals surface area contributed by atoms with Crippen LogP contribution in [-0.4, -0.2) is 49.3 Å². The Morgan fingerprint density at radius 3 is 2.47 bits per heavy atom. The van der Waals surface area contributed by atoms with Crippen molar-refractivity contribution in [1.29, 1.82) is 0 Å². The molecule has 0 saturated carbocycles. The molecule has 0 spiro atoms. The van der Waals surface area contributed by atoms with Crippen LogP contribution in [0.3, 0.4) is 0 Å². The lowest BCUT2D eigenvalue weighted by molar-refractivity contribution is -0.0694. The van der Waals surface area contributed by atoms with E-state index >= 15 is 0 Å². The summed E-state index contributed by atoms with van der Waals surface area (Å²) >= 11 is 0. The summed E-state index contributed by atoms with van der Waals surface area (Å²) in [5, 5.41) is 3.53. The van der Waals surface area contributed by atoms with E-state index in [1.807, 2.05) is 0 Å². The van der Waals surface area contributed by atoms with E-state index < -0.39 is 0 Å². The Kier molecular flexibility index (Phi) is 5.58. The van der Waals surface area contributed by atoms with E-state index in [9.17, 15) is 0 Å². The molecule has 1 unspecified atom stereocenters. The molecule has 3 atom stereocenters. The molecule has 0 bridgehead atoms. The summed E-state index contributed by atoms with van der Waals surface area (Å²) in [4.78, 5) is 2.51. The van der Waals surface area contributed by atoms with Gasteiger partial charge in [0.2, 0.25) is 0 Å². The zero-order valence-corrected chi connectivity index (χ0v) is 10.6. The third kappa shape index (κ3) is 4.96.